The lowest BCUT2D eigenvalue weighted by Gasteiger charge is -2.21. The number of benzene rings is 1. The quantitative estimate of drug-likeness (QED) is 0.783. The number of nitrogens with one attached hydrogen (secondary N) is 2. The lowest BCUT2D eigenvalue weighted by atomic mass is 10.2. The molecule has 25 heavy (non-hydrogen) atoms. The van der Waals surface area contributed by atoms with Gasteiger partial charge in [-0.15, -0.1) is 0 Å². The molecule has 1 aromatic carbocycles. The first-order valence-corrected chi connectivity index (χ1v) is 8.58. The van der Waals surface area contributed by atoms with Crippen molar-refractivity contribution in [3.8, 4) is 0 Å². The van der Waals surface area contributed by atoms with Crippen LogP contribution in [0.15, 0.2) is 24.3 Å². The smallest absolute Gasteiger partial charge is 0.317 e. The molecule has 0 aliphatic carbocycles. The van der Waals surface area contributed by atoms with E-state index in [2.05, 4.69) is 10.6 Å². The van der Waals surface area contributed by atoms with Crippen LogP contribution in [0.3, 0.4) is 0 Å². The highest BCUT2D eigenvalue weighted by molar-refractivity contribution is 5.92. The summed E-state index contributed by atoms with van der Waals surface area (Å²) in [7, 11) is 5.46. The van der Waals surface area contributed by atoms with Crippen molar-refractivity contribution in [3.05, 3.63) is 29.8 Å². The first-order valence-electron chi connectivity index (χ1n) is 8.58. The van der Waals surface area contributed by atoms with Gasteiger partial charge in [-0.3, -0.25) is 4.79 Å². The molecule has 0 spiro atoms. The summed E-state index contributed by atoms with van der Waals surface area (Å²) in [6.45, 7) is 2.13. The van der Waals surface area contributed by atoms with Crippen LogP contribution in [0.1, 0.15) is 18.4 Å². The number of amides is 3. The second kappa shape index (κ2) is 9.39. The maximum absolute atomic E-state index is 12.2. The Morgan fingerprint density at radius 1 is 1.28 bits per heavy atom. The molecule has 2 rings (SSSR count). The summed E-state index contributed by atoms with van der Waals surface area (Å²) in [4.78, 5) is 27.4. The number of carbonyl (C=O) groups excluding carboxylic acids is 2. The maximum Gasteiger partial charge on any atom is 0.317 e. The average molecular weight is 348 g/mol. The van der Waals surface area contributed by atoms with E-state index in [1.165, 1.54) is 0 Å². The van der Waals surface area contributed by atoms with Crippen LogP contribution >= 0.6 is 0 Å². The zero-order chi connectivity index (χ0) is 18.2. The summed E-state index contributed by atoms with van der Waals surface area (Å²) < 4.78 is 5.55. The zero-order valence-electron chi connectivity index (χ0n) is 15.2. The van der Waals surface area contributed by atoms with Gasteiger partial charge in [0, 0.05) is 32.4 Å². The molecular weight excluding hydrogens is 320 g/mol. The lowest BCUT2D eigenvalue weighted by Crippen LogP contribution is -2.40. The van der Waals surface area contributed by atoms with Crippen molar-refractivity contribution in [3.63, 3.8) is 0 Å². The number of hydrogen-bond donors (Lipinski definition) is 2. The van der Waals surface area contributed by atoms with Crippen LogP contribution in [0.2, 0.25) is 0 Å². The molecule has 1 aromatic rings. The van der Waals surface area contributed by atoms with E-state index >= 15 is 0 Å². The Morgan fingerprint density at radius 2 is 2.08 bits per heavy atom. The SMILES string of the molecule is CN(C)CC(=O)Nc1cccc(CNC(=O)N(C)C[C@H]2CCCO2)c1. The van der Waals surface area contributed by atoms with E-state index in [1.54, 1.807) is 11.9 Å². The molecule has 0 bridgehead atoms. The molecule has 0 aromatic heterocycles. The van der Waals surface area contributed by atoms with Crippen molar-refractivity contribution in [1.29, 1.82) is 0 Å². The number of ether oxygens (including phenoxy) is 1. The standard InChI is InChI=1S/C18H28N4O3/c1-21(2)13-17(23)20-15-7-4-6-14(10-15)11-19-18(24)22(3)12-16-8-5-9-25-16/h4,6-7,10,16H,5,8-9,11-13H2,1-3H3,(H,19,24)(H,20,23)/t16-/m1/s1. The van der Waals surface area contributed by atoms with Crippen LogP contribution in [0.4, 0.5) is 10.5 Å². The number of likely N-dealkylation sites (N-methyl/N-ethyl adjacent to an activating group) is 2. The van der Waals surface area contributed by atoms with Crippen LogP contribution < -0.4 is 10.6 Å². The van der Waals surface area contributed by atoms with Gasteiger partial charge in [-0.05, 0) is 44.6 Å². The van der Waals surface area contributed by atoms with Gasteiger partial charge in [0.15, 0.2) is 0 Å². The normalized spacial score (nSPS) is 16.7. The summed E-state index contributed by atoms with van der Waals surface area (Å²) in [5, 5.41) is 5.75. The van der Waals surface area contributed by atoms with Gasteiger partial charge < -0.3 is 25.2 Å². The number of nitrogens with zero attached hydrogens (tertiary/aromatic N) is 2. The molecule has 7 heteroatoms. The summed E-state index contributed by atoms with van der Waals surface area (Å²) in [6.07, 6.45) is 2.21. The molecule has 1 saturated heterocycles. The van der Waals surface area contributed by atoms with Gasteiger partial charge >= 0.3 is 6.03 Å². The number of rotatable bonds is 7. The fourth-order valence-corrected chi connectivity index (χ4v) is 2.74. The Morgan fingerprint density at radius 3 is 2.76 bits per heavy atom. The summed E-state index contributed by atoms with van der Waals surface area (Å²) in [5.41, 5.74) is 1.66. The van der Waals surface area contributed by atoms with E-state index in [9.17, 15) is 9.59 Å². The summed E-state index contributed by atoms with van der Waals surface area (Å²) in [6, 6.07) is 7.36. The van der Waals surface area contributed by atoms with E-state index in [0.717, 1.165) is 30.7 Å². The van der Waals surface area contributed by atoms with E-state index in [4.69, 9.17) is 4.74 Å². The van der Waals surface area contributed by atoms with Gasteiger partial charge in [-0.25, -0.2) is 4.79 Å². The Balaban J connectivity index is 1.80. The van der Waals surface area contributed by atoms with Gasteiger partial charge in [0.1, 0.15) is 0 Å². The highest BCUT2D eigenvalue weighted by atomic mass is 16.5. The molecule has 0 saturated carbocycles. The van der Waals surface area contributed by atoms with Crippen molar-refractivity contribution in [2.45, 2.75) is 25.5 Å². The molecular formula is C18H28N4O3. The third-order valence-electron chi connectivity index (χ3n) is 3.96. The Labute approximate surface area is 149 Å². The van der Waals surface area contributed by atoms with Gasteiger partial charge in [-0.1, -0.05) is 12.1 Å². The zero-order valence-corrected chi connectivity index (χ0v) is 15.2. The average Bonchev–Trinajstić information content (AvgIpc) is 3.05. The molecule has 0 unspecified atom stereocenters. The third kappa shape index (κ3) is 6.72. The van der Waals surface area contributed by atoms with E-state index < -0.39 is 0 Å². The summed E-state index contributed by atoms with van der Waals surface area (Å²) >= 11 is 0. The second-order valence-corrected chi connectivity index (χ2v) is 6.66. The number of carbonyl (C=O) groups is 2. The fraction of sp³-hybridized carbons (Fsp3) is 0.556. The Bertz CT molecular complexity index is 585. The largest absolute Gasteiger partial charge is 0.376 e. The molecule has 1 aliphatic rings. The molecule has 1 aliphatic heterocycles. The third-order valence-corrected chi connectivity index (χ3v) is 3.96. The first-order chi connectivity index (χ1) is 11.9. The molecule has 1 heterocycles. The summed E-state index contributed by atoms with van der Waals surface area (Å²) in [5.74, 6) is -0.0671. The minimum Gasteiger partial charge on any atom is -0.376 e. The lowest BCUT2D eigenvalue weighted by molar-refractivity contribution is -0.116. The number of urea groups is 1. The topological polar surface area (TPSA) is 73.9 Å². The van der Waals surface area contributed by atoms with Crippen LogP contribution in [0, 0.1) is 0 Å². The monoisotopic (exact) mass is 348 g/mol. The van der Waals surface area contributed by atoms with Crippen molar-refractivity contribution in [2.24, 2.45) is 0 Å². The predicted molar refractivity (Wildman–Crippen MR) is 97.5 cm³/mol. The van der Waals surface area contributed by atoms with Crippen LogP contribution in [-0.2, 0) is 16.1 Å². The molecule has 1 fully saturated rings. The molecule has 1 atom stereocenters. The molecule has 7 nitrogen and oxygen atoms in total. The van der Waals surface area contributed by atoms with Gasteiger partial charge in [0.05, 0.1) is 12.6 Å². The molecule has 0 radical (unpaired) electrons. The predicted octanol–water partition coefficient (Wildman–Crippen LogP) is 1.51. The second-order valence-electron chi connectivity index (χ2n) is 6.66. The van der Waals surface area contributed by atoms with Crippen molar-refractivity contribution in [2.75, 3.05) is 46.2 Å². The van der Waals surface area contributed by atoms with Gasteiger partial charge in [-0.2, -0.15) is 0 Å². The van der Waals surface area contributed by atoms with Gasteiger partial charge in [0.2, 0.25) is 5.91 Å². The van der Waals surface area contributed by atoms with Gasteiger partial charge in [0.25, 0.3) is 0 Å². The van der Waals surface area contributed by atoms with E-state index in [1.807, 2.05) is 43.3 Å². The number of anilines is 1. The van der Waals surface area contributed by atoms with E-state index in [-0.39, 0.29) is 18.0 Å². The highest BCUT2D eigenvalue weighted by Gasteiger charge is 2.19. The molecule has 2 N–H and O–H groups in total. The fourth-order valence-electron chi connectivity index (χ4n) is 2.74. The minimum atomic E-state index is -0.127. The first kappa shape index (κ1) is 19.2. The van der Waals surface area contributed by atoms with E-state index in [0.29, 0.717) is 19.6 Å². The van der Waals surface area contributed by atoms with Crippen LogP contribution in [0.25, 0.3) is 0 Å². The maximum atomic E-state index is 12.2. The molecule has 138 valence electrons. The van der Waals surface area contributed by atoms with Crippen molar-refractivity contribution in [1.82, 2.24) is 15.1 Å². The van der Waals surface area contributed by atoms with Crippen LogP contribution in [-0.4, -0.2) is 68.7 Å². The Hall–Kier alpha value is -2.12. The molecule has 3 amide bonds. The number of hydrogen-bond acceptors (Lipinski definition) is 4. The highest BCUT2D eigenvalue weighted by Crippen LogP contribution is 2.13. The minimum absolute atomic E-state index is 0.0671. The van der Waals surface area contributed by atoms with Crippen LogP contribution in [0.5, 0.6) is 0 Å². The Kier molecular flexibility index (Phi) is 7.21. The van der Waals surface area contributed by atoms with Crippen molar-refractivity contribution >= 4 is 17.6 Å². The van der Waals surface area contributed by atoms with Crippen molar-refractivity contribution < 1.29 is 14.3 Å².